The Balaban J connectivity index is 4.69. The average molecular weight is 245 g/mol. The molecule has 0 spiro atoms. The van der Waals surface area contributed by atoms with Crippen LogP contribution >= 0.6 is 0 Å². The van der Waals surface area contributed by atoms with Gasteiger partial charge in [0, 0.05) is 13.6 Å². The third-order valence-corrected chi connectivity index (χ3v) is 2.62. The number of hydrogen-bond acceptors (Lipinski definition) is 3. The molecule has 0 aliphatic carbocycles. The van der Waals surface area contributed by atoms with Crippen molar-refractivity contribution in [2.75, 3.05) is 13.6 Å². The highest BCUT2D eigenvalue weighted by Crippen LogP contribution is 2.27. The molecule has 1 amide bonds. The standard InChI is InChI=1S/C12H23NO4/c1-8(14)6-7-13(5)10(15)9(11(16)17)12(2,3)4/h8-9,14H,6-7H2,1-5H3,(H,16,17). The molecule has 0 saturated heterocycles. The predicted octanol–water partition coefficient (Wildman–Crippen LogP) is 0.963. The van der Waals surface area contributed by atoms with Gasteiger partial charge in [0.1, 0.15) is 5.92 Å². The van der Waals surface area contributed by atoms with Crippen LogP contribution in [-0.4, -0.2) is 46.7 Å². The summed E-state index contributed by atoms with van der Waals surface area (Å²) in [4.78, 5) is 24.5. The first kappa shape index (κ1) is 15.9. The Kier molecular flexibility index (Phi) is 5.61. The van der Waals surface area contributed by atoms with Crippen molar-refractivity contribution in [2.45, 2.75) is 40.2 Å². The second-order valence-corrected chi connectivity index (χ2v) is 5.53. The van der Waals surface area contributed by atoms with Crippen LogP contribution in [0.1, 0.15) is 34.1 Å². The molecule has 0 rings (SSSR count). The normalized spacial score (nSPS) is 15.2. The summed E-state index contributed by atoms with van der Waals surface area (Å²) in [6, 6.07) is 0. The minimum absolute atomic E-state index is 0.358. The van der Waals surface area contributed by atoms with Gasteiger partial charge in [-0.2, -0.15) is 0 Å². The topological polar surface area (TPSA) is 77.8 Å². The second kappa shape index (κ2) is 6.00. The molecule has 0 aromatic rings. The molecule has 2 unspecified atom stereocenters. The summed E-state index contributed by atoms with van der Waals surface area (Å²) in [5.74, 6) is -2.57. The van der Waals surface area contributed by atoms with Crippen LogP contribution < -0.4 is 0 Å². The lowest BCUT2D eigenvalue weighted by molar-refractivity contribution is -0.155. The van der Waals surface area contributed by atoms with Crippen LogP contribution in [0.15, 0.2) is 0 Å². The number of rotatable bonds is 5. The highest BCUT2D eigenvalue weighted by molar-refractivity contribution is 5.97. The van der Waals surface area contributed by atoms with E-state index in [-0.39, 0.29) is 0 Å². The van der Waals surface area contributed by atoms with Crippen LogP contribution in [0.5, 0.6) is 0 Å². The molecule has 0 radical (unpaired) electrons. The monoisotopic (exact) mass is 245 g/mol. The van der Waals surface area contributed by atoms with Crippen molar-refractivity contribution >= 4 is 11.9 Å². The minimum atomic E-state index is -1.11. The van der Waals surface area contributed by atoms with Gasteiger partial charge in [0.15, 0.2) is 0 Å². The summed E-state index contributed by atoms with van der Waals surface area (Å²) in [5.41, 5.74) is -0.623. The van der Waals surface area contributed by atoms with Crippen molar-refractivity contribution in [3.8, 4) is 0 Å². The molecule has 0 aliphatic rings. The van der Waals surface area contributed by atoms with E-state index >= 15 is 0 Å². The van der Waals surface area contributed by atoms with Crippen LogP contribution in [0, 0.1) is 11.3 Å². The second-order valence-electron chi connectivity index (χ2n) is 5.53. The fraction of sp³-hybridized carbons (Fsp3) is 0.833. The molecule has 2 atom stereocenters. The van der Waals surface area contributed by atoms with Gasteiger partial charge in [0.2, 0.25) is 5.91 Å². The zero-order chi connectivity index (χ0) is 13.8. The summed E-state index contributed by atoms with van der Waals surface area (Å²) >= 11 is 0. The van der Waals surface area contributed by atoms with E-state index in [9.17, 15) is 9.59 Å². The van der Waals surface area contributed by atoms with Gasteiger partial charge >= 0.3 is 5.97 Å². The number of hydrogen-bond donors (Lipinski definition) is 2. The highest BCUT2D eigenvalue weighted by atomic mass is 16.4. The van der Waals surface area contributed by atoms with Crippen molar-refractivity contribution in [3.05, 3.63) is 0 Å². The van der Waals surface area contributed by atoms with Gasteiger partial charge in [0.05, 0.1) is 6.10 Å². The van der Waals surface area contributed by atoms with Gasteiger partial charge in [-0.05, 0) is 18.8 Å². The number of carboxylic acid groups (broad SMARTS) is 1. The first-order chi connectivity index (χ1) is 7.57. The van der Waals surface area contributed by atoms with E-state index in [1.165, 1.54) is 4.90 Å². The molecule has 0 saturated carbocycles. The molecular formula is C12H23NO4. The number of aliphatic hydroxyl groups excluding tert-OH is 1. The van der Waals surface area contributed by atoms with Crippen LogP contribution in [0.25, 0.3) is 0 Å². The lowest BCUT2D eigenvalue weighted by Crippen LogP contribution is -2.44. The van der Waals surface area contributed by atoms with Crippen molar-refractivity contribution in [1.82, 2.24) is 4.90 Å². The van der Waals surface area contributed by atoms with Gasteiger partial charge in [-0.25, -0.2) is 0 Å². The molecule has 0 aromatic heterocycles. The molecule has 0 fully saturated rings. The summed E-state index contributed by atoms with van der Waals surface area (Å²) in [5, 5.41) is 18.2. The average Bonchev–Trinajstić information content (AvgIpc) is 2.10. The number of carbonyl (C=O) groups excluding carboxylic acids is 1. The van der Waals surface area contributed by atoms with Gasteiger partial charge in [-0.3, -0.25) is 9.59 Å². The number of carbonyl (C=O) groups is 2. The first-order valence-electron chi connectivity index (χ1n) is 5.73. The number of amides is 1. The van der Waals surface area contributed by atoms with E-state index in [0.29, 0.717) is 13.0 Å². The largest absolute Gasteiger partial charge is 0.481 e. The zero-order valence-corrected chi connectivity index (χ0v) is 11.2. The SMILES string of the molecule is CC(O)CCN(C)C(=O)C(C(=O)O)C(C)(C)C. The maximum atomic E-state index is 12.0. The van der Waals surface area contributed by atoms with Gasteiger partial charge in [-0.1, -0.05) is 20.8 Å². The number of aliphatic hydroxyl groups is 1. The lowest BCUT2D eigenvalue weighted by Gasteiger charge is -2.30. The molecule has 0 bridgehead atoms. The lowest BCUT2D eigenvalue weighted by atomic mass is 9.80. The van der Waals surface area contributed by atoms with E-state index in [1.807, 2.05) is 0 Å². The van der Waals surface area contributed by atoms with Gasteiger partial charge in [-0.15, -0.1) is 0 Å². The van der Waals surface area contributed by atoms with E-state index < -0.39 is 29.3 Å². The number of aliphatic carboxylic acids is 1. The summed E-state index contributed by atoms with van der Waals surface area (Å²) < 4.78 is 0. The third kappa shape index (κ3) is 5.17. The maximum Gasteiger partial charge on any atom is 0.316 e. The maximum absolute atomic E-state index is 12.0. The molecule has 5 nitrogen and oxygen atoms in total. The van der Waals surface area contributed by atoms with Crippen molar-refractivity contribution in [3.63, 3.8) is 0 Å². The predicted molar refractivity (Wildman–Crippen MR) is 64.5 cm³/mol. The van der Waals surface area contributed by atoms with Gasteiger partial charge < -0.3 is 15.1 Å². The van der Waals surface area contributed by atoms with Crippen molar-refractivity contribution < 1.29 is 19.8 Å². The number of carboxylic acids is 1. The van der Waals surface area contributed by atoms with Crippen LogP contribution in [0.2, 0.25) is 0 Å². The minimum Gasteiger partial charge on any atom is -0.481 e. The molecular weight excluding hydrogens is 222 g/mol. The smallest absolute Gasteiger partial charge is 0.316 e. The number of nitrogens with zero attached hydrogens (tertiary/aromatic N) is 1. The molecule has 0 heterocycles. The fourth-order valence-electron chi connectivity index (χ4n) is 1.56. The van der Waals surface area contributed by atoms with E-state index in [0.717, 1.165) is 0 Å². The molecule has 0 aromatic carbocycles. The summed E-state index contributed by atoms with van der Waals surface area (Å²) in [7, 11) is 1.56. The van der Waals surface area contributed by atoms with E-state index in [4.69, 9.17) is 10.2 Å². The molecule has 17 heavy (non-hydrogen) atoms. The first-order valence-corrected chi connectivity index (χ1v) is 5.73. The molecule has 5 heteroatoms. The Hall–Kier alpha value is -1.10. The van der Waals surface area contributed by atoms with Gasteiger partial charge in [0.25, 0.3) is 0 Å². The third-order valence-electron chi connectivity index (χ3n) is 2.62. The Morgan fingerprint density at radius 3 is 2.06 bits per heavy atom. The molecule has 100 valence electrons. The van der Waals surface area contributed by atoms with Crippen molar-refractivity contribution in [2.24, 2.45) is 11.3 Å². The summed E-state index contributed by atoms with van der Waals surface area (Å²) in [6.45, 7) is 7.18. The summed E-state index contributed by atoms with van der Waals surface area (Å²) in [6.07, 6.45) is -0.0539. The molecule has 0 aliphatic heterocycles. The fourth-order valence-corrected chi connectivity index (χ4v) is 1.56. The van der Waals surface area contributed by atoms with Crippen LogP contribution in [-0.2, 0) is 9.59 Å². The van der Waals surface area contributed by atoms with E-state index in [2.05, 4.69) is 0 Å². The van der Waals surface area contributed by atoms with Crippen molar-refractivity contribution in [1.29, 1.82) is 0 Å². The van der Waals surface area contributed by atoms with E-state index in [1.54, 1.807) is 34.7 Å². The quantitative estimate of drug-likeness (QED) is 0.707. The Morgan fingerprint density at radius 1 is 1.29 bits per heavy atom. The zero-order valence-electron chi connectivity index (χ0n) is 11.2. The Morgan fingerprint density at radius 2 is 1.76 bits per heavy atom. The van der Waals surface area contributed by atoms with Crippen LogP contribution in [0.3, 0.4) is 0 Å². The van der Waals surface area contributed by atoms with Crippen LogP contribution in [0.4, 0.5) is 0 Å². The Labute approximate surface area is 102 Å². The highest BCUT2D eigenvalue weighted by Gasteiger charge is 2.39. The molecule has 2 N–H and O–H groups in total. The Bertz CT molecular complexity index is 281.